The molecule has 7 heteroatoms. The highest BCUT2D eigenvalue weighted by atomic mass is 32.2. The second kappa shape index (κ2) is 8.06. The average molecular weight is 380 g/mol. The smallest absolute Gasteiger partial charge is 0.244 e. The summed E-state index contributed by atoms with van der Waals surface area (Å²) in [5.74, 6) is 0.0673. The van der Waals surface area contributed by atoms with Crippen molar-refractivity contribution in [1.29, 1.82) is 0 Å². The molecule has 6 nitrogen and oxygen atoms in total. The lowest BCUT2D eigenvalue weighted by Crippen LogP contribution is -2.50. The lowest BCUT2D eigenvalue weighted by Gasteiger charge is -2.34. The van der Waals surface area contributed by atoms with E-state index < -0.39 is 16.2 Å². The van der Waals surface area contributed by atoms with Crippen molar-refractivity contribution < 1.29 is 13.2 Å². The highest BCUT2D eigenvalue weighted by molar-refractivity contribution is 7.89. The molecule has 2 heterocycles. The first-order chi connectivity index (χ1) is 12.4. The summed E-state index contributed by atoms with van der Waals surface area (Å²) in [6, 6.07) is 8.49. The van der Waals surface area contributed by atoms with Crippen LogP contribution in [0.4, 0.5) is 0 Å². The lowest BCUT2D eigenvalue weighted by molar-refractivity contribution is -0.135. The van der Waals surface area contributed by atoms with Gasteiger partial charge in [-0.1, -0.05) is 38.5 Å². The predicted octanol–water partition coefficient (Wildman–Crippen LogP) is 1.99. The molecule has 0 spiro atoms. The van der Waals surface area contributed by atoms with Gasteiger partial charge in [0.1, 0.15) is 6.17 Å². The largest absolute Gasteiger partial charge is 0.323 e. The molecule has 1 aromatic carbocycles. The highest BCUT2D eigenvalue weighted by Gasteiger charge is 2.43. The van der Waals surface area contributed by atoms with Gasteiger partial charge in [0, 0.05) is 13.1 Å². The number of carbonyl (C=O) groups is 1. The number of piperidine rings is 1. The highest BCUT2D eigenvalue weighted by Crippen LogP contribution is 2.28. The zero-order chi connectivity index (χ0) is 18.7. The normalized spacial score (nSPS) is 22.9. The van der Waals surface area contributed by atoms with Crippen LogP contribution in [0.5, 0.6) is 0 Å². The molecule has 2 aliphatic heterocycles. The lowest BCUT2D eigenvalue weighted by atomic mass is 10.1. The van der Waals surface area contributed by atoms with Crippen LogP contribution < -0.4 is 0 Å². The average Bonchev–Trinajstić information content (AvgIpc) is 3.10. The molecule has 1 atom stereocenters. The molecule has 0 aliphatic carbocycles. The summed E-state index contributed by atoms with van der Waals surface area (Å²) in [5.41, 5.74) is 0. The molecule has 0 unspecified atom stereocenters. The fourth-order valence-electron chi connectivity index (χ4n) is 3.98. The monoisotopic (exact) mass is 379 g/mol. The molecule has 1 aromatic rings. The minimum Gasteiger partial charge on any atom is -0.323 e. The number of carbonyl (C=O) groups excluding carboxylic acids is 1. The number of hydrogen-bond donors (Lipinski definition) is 0. The number of sulfonamides is 1. The molecule has 2 aliphatic rings. The minimum atomic E-state index is -3.61. The molecule has 2 saturated heterocycles. The van der Waals surface area contributed by atoms with Crippen LogP contribution in [0.25, 0.3) is 0 Å². The Morgan fingerprint density at radius 3 is 2.31 bits per heavy atom. The van der Waals surface area contributed by atoms with Crippen LogP contribution in [-0.2, 0) is 14.8 Å². The molecule has 0 N–H and O–H groups in total. The Hall–Kier alpha value is -1.44. The first-order valence-corrected chi connectivity index (χ1v) is 10.9. The topological polar surface area (TPSA) is 60.9 Å². The number of nitrogens with zero attached hydrogens (tertiary/aromatic N) is 3. The molecule has 26 heavy (non-hydrogen) atoms. The van der Waals surface area contributed by atoms with Crippen LogP contribution in [0.1, 0.15) is 33.1 Å². The van der Waals surface area contributed by atoms with Crippen molar-refractivity contribution in [2.24, 2.45) is 5.92 Å². The Kier molecular flexibility index (Phi) is 5.99. The fraction of sp³-hybridized carbons (Fsp3) is 0.632. The van der Waals surface area contributed by atoms with Crippen molar-refractivity contribution in [3.63, 3.8) is 0 Å². The van der Waals surface area contributed by atoms with Crippen molar-refractivity contribution >= 4 is 15.9 Å². The van der Waals surface area contributed by atoms with Gasteiger partial charge in [0.2, 0.25) is 15.9 Å². The fourth-order valence-corrected chi connectivity index (χ4v) is 5.72. The van der Waals surface area contributed by atoms with E-state index in [4.69, 9.17) is 0 Å². The van der Waals surface area contributed by atoms with Gasteiger partial charge in [0.15, 0.2) is 0 Å². The molecular weight excluding hydrogens is 350 g/mol. The number of rotatable bonds is 5. The minimum absolute atomic E-state index is 0.0290. The van der Waals surface area contributed by atoms with Crippen LogP contribution >= 0.6 is 0 Å². The third-order valence-electron chi connectivity index (χ3n) is 5.25. The van der Waals surface area contributed by atoms with Crippen LogP contribution in [-0.4, -0.2) is 67.3 Å². The van der Waals surface area contributed by atoms with Gasteiger partial charge in [0.05, 0.1) is 11.4 Å². The third kappa shape index (κ3) is 3.94. The molecule has 0 aromatic heterocycles. The molecule has 0 saturated carbocycles. The van der Waals surface area contributed by atoms with Gasteiger partial charge in [-0.05, 0) is 44.0 Å². The van der Waals surface area contributed by atoms with Gasteiger partial charge in [-0.3, -0.25) is 9.69 Å². The third-order valence-corrected chi connectivity index (χ3v) is 7.13. The summed E-state index contributed by atoms with van der Waals surface area (Å²) in [5, 5.41) is 0. The summed E-state index contributed by atoms with van der Waals surface area (Å²) >= 11 is 0. The Morgan fingerprint density at radius 1 is 1.04 bits per heavy atom. The first kappa shape index (κ1) is 19.3. The van der Waals surface area contributed by atoms with Gasteiger partial charge in [-0.2, -0.15) is 4.31 Å². The predicted molar refractivity (Wildman–Crippen MR) is 101 cm³/mol. The maximum atomic E-state index is 13.1. The molecule has 1 amide bonds. The van der Waals surface area contributed by atoms with Crippen LogP contribution in [0, 0.1) is 5.92 Å². The molecule has 0 bridgehead atoms. The van der Waals surface area contributed by atoms with E-state index >= 15 is 0 Å². The van der Waals surface area contributed by atoms with Crippen LogP contribution in [0.2, 0.25) is 0 Å². The van der Waals surface area contributed by atoms with Crippen molar-refractivity contribution in [3.8, 4) is 0 Å². The van der Waals surface area contributed by atoms with E-state index in [1.165, 1.54) is 10.7 Å². The van der Waals surface area contributed by atoms with Crippen molar-refractivity contribution in [1.82, 2.24) is 14.1 Å². The summed E-state index contributed by atoms with van der Waals surface area (Å²) in [7, 11) is -3.61. The number of benzene rings is 1. The number of amides is 1. The van der Waals surface area contributed by atoms with Gasteiger partial charge in [-0.15, -0.1) is 0 Å². The van der Waals surface area contributed by atoms with Gasteiger partial charge in [-0.25, -0.2) is 8.42 Å². The van der Waals surface area contributed by atoms with Crippen molar-refractivity contribution in [3.05, 3.63) is 30.3 Å². The maximum absolute atomic E-state index is 13.1. The quantitative estimate of drug-likeness (QED) is 0.785. The van der Waals surface area contributed by atoms with Crippen molar-refractivity contribution in [2.45, 2.75) is 44.2 Å². The molecule has 0 radical (unpaired) electrons. The molecule has 2 fully saturated rings. The van der Waals surface area contributed by atoms with Gasteiger partial charge < -0.3 is 4.90 Å². The Labute approximate surface area is 156 Å². The summed E-state index contributed by atoms with van der Waals surface area (Å²) < 4.78 is 27.7. The second-order valence-electron chi connectivity index (χ2n) is 7.51. The maximum Gasteiger partial charge on any atom is 0.244 e. The van der Waals surface area contributed by atoms with E-state index in [0.29, 0.717) is 19.6 Å². The Balaban J connectivity index is 1.78. The van der Waals surface area contributed by atoms with Crippen LogP contribution in [0.15, 0.2) is 35.2 Å². The number of likely N-dealkylation sites (tertiary alicyclic amines) is 1. The Morgan fingerprint density at radius 2 is 1.69 bits per heavy atom. The zero-order valence-electron chi connectivity index (χ0n) is 15.7. The van der Waals surface area contributed by atoms with E-state index in [0.717, 1.165) is 25.9 Å². The number of hydrogen-bond acceptors (Lipinski definition) is 4. The Bertz CT molecular complexity index is 715. The first-order valence-electron chi connectivity index (χ1n) is 9.50. The van der Waals surface area contributed by atoms with E-state index in [-0.39, 0.29) is 16.7 Å². The molecule has 3 rings (SSSR count). The second-order valence-corrected chi connectivity index (χ2v) is 9.40. The summed E-state index contributed by atoms with van der Waals surface area (Å²) in [6.45, 7) is 7.07. The molecule has 144 valence electrons. The van der Waals surface area contributed by atoms with Crippen molar-refractivity contribution in [2.75, 3.05) is 32.7 Å². The van der Waals surface area contributed by atoms with E-state index in [1.54, 1.807) is 35.2 Å². The van der Waals surface area contributed by atoms with Crippen LogP contribution in [0.3, 0.4) is 0 Å². The summed E-state index contributed by atoms with van der Waals surface area (Å²) in [6.07, 6.45) is 3.08. The van der Waals surface area contributed by atoms with Gasteiger partial charge >= 0.3 is 0 Å². The van der Waals surface area contributed by atoms with E-state index in [1.807, 2.05) is 13.8 Å². The SMILES string of the molecule is CC(C)[C@@H]1N(C(=O)CN2CCCCC2)CCN1S(=O)(=O)c1ccccc1. The van der Waals surface area contributed by atoms with E-state index in [9.17, 15) is 13.2 Å². The molecular formula is C19H29N3O3S. The van der Waals surface area contributed by atoms with E-state index in [2.05, 4.69) is 4.90 Å². The zero-order valence-corrected chi connectivity index (χ0v) is 16.5. The van der Waals surface area contributed by atoms with Gasteiger partial charge in [0.25, 0.3) is 0 Å². The standard InChI is InChI=1S/C19H29N3O3S/c1-16(2)19-21(18(23)15-20-11-7-4-8-12-20)13-14-22(19)26(24,25)17-9-5-3-6-10-17/h3,5-6,9-10,16,19H,4,7-8,11-15H2,1-2H3/t19-/m1/s1. The summed E-state index contributed by atoms with van der Waals surface area (Å²) in [4.78, 5) is 17.1.